The molecule has 0 spiro atoms. The van der Waals surface area contributed by atoms with Gasteiger partial charge in [0, 0.05) is 43.3 Å². The van der Waals surface area contributed by atoms with Crippen molar-refractivity contribution in [2.45, 2.75) is 38.8 Å². The van der Waals surface area contributed by atoms with Crippen LogP contribution >= 0.6 is 11.3 Å². The highest BCUT2D eigenvalue weighted by Gasteiger charge is 2.45. The fourth-order valence-corrected chi connectivity index (χ4v) is 5.42. The molecule has 0 unspecified atom stereocenters. The Balaban J connectivity index is 1.67. The van der Waals surface area contributed by atoms with E-state index >= 15 is 0 Å². The van der Waals surface area contributed by atoms with Crippen LogP contribution in [0, 0.1) is 12.7 Å². The Hall–Kier alpha value is -2.57. The number of anilines is 1. The first kappa shape index (κ1) is 20.7. The molecule has 0 aliphatic carbocycles. The van der Waals surface area contributed by atoms with Crippen LogP contribution in [0.3, 0.4) is 0 Å². The summed E-state index contributed by atoms with van der Waals surface area (Å²) in [5.41, 5.74) is 2.26. The average molecular weight is 424 g/mol. The number of thiazole rings is 1. The fraction of sp³-hybridized carbons (Fsp3) is 0.333. The van der Waals surface area contributed by atoms with Gasteiger partial charge in [0.25, 0.3) is 0 Å². The Bertz CT molecular complexity index is 1010. The monoisotopic (exact) mass is 423 g/mol. The number of nitrogens with zero attached hydrogens (tertiary/aromatic N) is 3. The van der Waals surface area contributed by atoms with Gasteiger partial charge < -0.3 is 0 Å². The predicted molar refractivity (Wildman–Crippen MR) is 119 cm³/mol. The molecule has 30 heavy (non-hydrogen) atoms. The number of aromatic nitrogens is 1. The zero-order chi connectivity index (χ0) is 21.1. The van der Waals surface area contributed by atoms with Gasteiger partial charge in [-0.3, -0.25) is 14.6 Å². The minimum Gasteiger partial charge on any atom is -0.300 e. The van der Waals surface area contributed by atoms with Crippen LogP contribution in [0.15, 0.2) is 60.0 Å². The summed E-state index contributed by atoms with van der Waals surface area (Å²) in [4.78, 5) is 21.8. The Labute approximate surface area is 181 Å². The zero-order valence-corrected chi connectivity index (χ0v) is 18.2. The minimum absolute atomic E-state index is 0.0926. The summed E-state index contributed by atoms with van der Waals surface area (Å²) >= 11 is 1.59. The van der Waals surface area contributed by atoms with E-state index in [4.69, 9.17) is 4.98 Å². The van der Waals surface area contributed by atoms with Gasteiger partial charge >= 0.3 is 0 Å². The number of likely N-dealkylation sites (tertiary alicyclic amines) is 1. The van der Waals surface area contributed by atoms with Gasteiger partial charge in [0.15, 0.2) is 0 Å². The lowest BCUT2D eigenvalue weighted by atomic mass is 9.85. The summed E-state index contributed by atoms with van der Waals surface area (Å²) in [6, 6.07) is 16.7. The standard InChI is InChI=1S/C24H26FN3OS/c1-18-17-30-23(26-18)24(28(19(2)29)22-10-6-9-21(25)15-22)11-13-27(14-12-24)16-20-7-4-3-5-8-20/h3-10,15,17H,11-14,16H2,1-2H3. The van der Waals surface area contributed by atoms with E-state index in [-0.39, 0.29) is 11.7 Å². The highest BCUT2D eigenvalue weighted by molar-refractivity contribution is 7.09. The van der Waals surface area contributed by atoms with Crippen molar-refractivity contribution in [3.05, 3.63) is 82.1 Å². The molecule has 1 aliphatic rings. The number of benzene rings is 2. The smallest absolute Gasteiger partial charge is 0.224 e. The molecule has 0 saturated carbocycles. The molecular formula is C24H26FN3OS. The zero-order valence-electron chi connectivity index (χ0n) is 17.3. The SMILES string of the molecule is CC(=O)N(c1cccc(F)c1)C1(c2nc(C)cs2)CCN(Cc2ccccc2)CC1. The van der Waals surface area contributed by atoms with E-state index in [1.807, 2.05) is 24.4 Å². The molecular weight excluding hydrogens is 397 g/mol. The van der Waals surface area contributed by atoms with Crippen molar-refractivity contribution in [1.29, 1.82) is 0 Å². The summed E-state index contributed by atoms with van der Waals surface area (Å²) in [6.07, 6.45) is 1.51. The number of halogens is 1. The van der Waals surface area contributed by atoms with Gasteiger partial charge in [0.1, 0.15) is 16.4 Å². The Morgan fingerprint density at radius 2 is 1.90 bits per heavy atom. The van der Waals surface area contributed by atoms with Crippen LogP contribution in [0.1, 0.15) is 36.0 Å². The molecule has 3 aromatic rings. The number of carbonyl (C=O) groups is 1. The minimum atomic E-state index is -0.564. The number of hydrogen-bond donors (Lipinski definition) is 0. The van der Waals surface area contributed by atoms with Gasteiger partial charge in [0.2, 0.25) is 5.91 Å². The average Bonchev–Trinajstić information content (AvgIpc) is 3.17. The number of hydrogen-bond acceptors (Lipinski definition) is 4. The molecule has 4 nitrogen and oxygen atoms in total. The molecule has 0 atom stereocenters. The normalized spacial score (nSPS) is 16.4. The fourth-order valence-electron chi connectivity index (χ4n) is 4.37. The molecule has 0 bridgehead atoms. The molecule has 2 aromatic carbocycles. The van der Waals surface area contributed by atoms with Crippen molar-refractivity contribution in [2.75, 3.05) is 18.0 Å². The van der Waals surface area contributed by atoms with Crippen LogP contribution in [0.2, 0.25) is 0 Å². The van der Waals surface area contributed by atoms with E-state index in [9.17, 15) is 9.18 Å². The predicted octanol–water partition coefficient (Wildman–Crippen LogP) is 5.14. The van der Waals surface area contributed by atoms with Crippen LogP contribution in [0.5, 0.6) is 0 Å². The number of amides is 1. The molecule has 1 amide bonds. The van der Waals surface area contributed by atoms with Crippen molar-refractivity contribution >= 4 is 22.9 Å². The molecule has 4 rings (SSSR count). The van der Waals surface area contributed by atoms with Crippen molar-refractivity contribution in [3.8, 4) is 0 Å². The van der Waals surface area contributed by atoms with Crippen molar-refractivity contribution < 1.29 is 9.18 Å². The largest absolute Gasteiger partial charge is 0.300 e. The maximum absolute atomic E-state index is 14.0. The van der Waals surface area contributed by atoms with Gasteiger partial charge in [-0.05, 0) is 43.5 Å². The second kappa shape index (κ2) is 8.66. The highest BCUT2D eigenvalue weighted by Crippen LogP contribution is 2.43. The summed E-state index contributed by atoms with van der Waals surface area (Å²) in [6.45, 7) is 6.09. The topological polar surface area (TPSA) is 36.4 Å². The van der Waals surface area contributed by atoms with Gasteiger partial charge in [0.05, 0.1) is 0 Å². The number of rotatable bonds is 5. The Kier molecular flexibility index (Phi) is 5.97. The van der Waals surface area contributed by atoms with E-state index in [0.717, 1.165) is 43.2 Å². The van der Waals surface area contributed by atoms with E-state index in [0.29, 0.717) is 5.69 Å². The third-order valence-electron chi connectivity index (χ3n) is 5.76. The van der Waals surface area contributed by atoms with E-state index in [2.05, 4.69) is 29.2 Å². The van der Waals surface area contributed by atoms with E-state index < -0.39 is 5.54 Å². The lowest BCUT2D eigenvalue weighted by Crippen LogP contribution is -2.55. The molecule has 1 fully saturated rings. The summed E-state index contributed by atoms with van der Waals surface area (Å²) in [7, 11) is 0. The van der Waals surface area contributed by atoms with E-state index in [1.54, 1.807) is 29.2 Å². The first-order valence-corrected chi connectivity index (χ1v) is 11.1. The molecule has 0 radical (unpaired) electrons. The first-order chi connectivity index (χ1) is 14.5. The molecule has 0 N–H and O–H groups in total. The number of piperidine rings is 1. The lowest BCUT2D eigenvalue weighted by Gasteiger charge is -2.47. The van der Waals surface area contributed by atoms with Crippen LogP contribution in [0.4, 0.5) is 10.1 Å². The second-order valence-corrected chi connectivity index (χ2v) is 8.78. The molecule has 2 heterocycles. The maximum atomic E-state index is 14.0. The number of carbonyl (C=O) groups excluding carboxylic acids is 1. The summed E-state index contributed by atoms with van der Waals surface area (Å²) in [5, 5.41) is 2.95. The van der Waals surface area contributed by atoms with Gasteiger partial charge in [-0.25, -0.2) is 9.37 Å². The first-order valence-electron chi connectivity index (χ1n) is 10.2. The summed E-state index contributed by atoms with van der Waals surface area (Å²) in [5.74, 6) is -0.435. The van der Waals surface area contributed by atoms with Crippen molar-refractivity contribution in [2.24, 2.45) is 0 Å². The molecule has 156 valence electrons. The third-order valence-corrected chi connectivity index (χ3v) is 6.91. The van der Waals surface area contributed by atoms with Crippen LogP contribution in [0.25, 0.3) is 0 Å². The van der Waals surface area contributed by atoms with E-state index in [1.165, 1.54) is 17.7 Å². The van der Waals surface area contributed by atoms with Crippen LogP contribution in [-0.2, 0) is 16.9 Å². The quantitative estimate of drug-likeness (QED) is 0.570. The lowest BCUT2D eigenvalue weighted by molar-refractivity contribution is -0.118. The van der Waals surface area contributed by atoms with Gasteiger partial charge in [-0.2, -0.15) is 0 Å². The van der Waals surface area contributed by atoms with Crippen molar-refractivity contribution in [1.82, 2.24) is 9.88 Å². The molecule has 1 aromatic heterocycles. The summed E-state index contributed by atoms with van der Waals surface area (Å²) < 4.78 is 14.0. The Morgan fingerprint density at radius 1 is 1.17 bits per heavy atom. The van der Waals surface area contributed by atoms with Crippen LogP contribution < -0.4 is 4.90 Å². The molecule has 6 heteroatoms. The highest BCUT2D eigenvalue weighted by atomic mass is 32.1. The van der Waals surface area contributed by atoms with Gasteiger partial charge in [-0.1, -0.05) is 36.4 Å². The van der Waals surface area contributed by atoms with Gasteiger partial charge in [-0.15, -0.1) is 11.3 Å². The van der Waals surface area contributed by atoms with Crippen LogP contribution in [-0.4, -0.2) is 28.9 Å². The molecule has 1 saturated heterocycles. The second-order valence-electron chi connectivity index (χ2n) is 7.92. The maximum Gasteiger partial charge on any atom is 0.224 e. The number of aryl methyl sites for hydroxylation is 1. The third kappa shape index (κ3) is 4.16. The Morgan fingerprint density at radius 3 is 2.50 bits per heavy atom. The molecule has 1 aliphatic heterocycles. The van der Waals surface area contributed by atoms with Crippen molar-refractivity contribution in [3.63, 3.8) is 0 Å².